The maximum atomic E-state index is 11.5. The van der Waals surface area contributed by atoms with Crippen LogP contribution in [0, 0.1) is 11.8 Å². The third-order valence-corrected chi connectivity index (χ3v) is 2.55. The lowest BCUT2D eigenvalue weighted by atomic mass is 10.1. The predicted octanol–water partition coefficient (Wildman–Crippen LogP) is 1.33. The number of esters is 1. The smallest absolute Gasteiger partial charge is 0.331 e. The summed E-state index contributed by atoms with van der Waals surface area (Å²) in [6.45, 7) is 4.88. The molecule has 4 nitrogen and oxygen atoms in total. The Labute approximate surface area is 114 Å². The summed E-state index contributed by atoms with van der Waals surface area (Å²) in [5.74, 6) is 4.23. The Morgan fingerprint density at radius 3 is 2.89 bits per heavy atom. The molecule has 0 aliphatic carbocycles. The van der Waals surface area contributed by atoms with Gasteiger partial charge in [-0.3, -0.25) is 4.79 Å². The zero-order chi connectivity index (χ0) is 14.3. The van der Waals surface area contributed by atoms with Gasteiger partial charge in [0, 0.05) is 26.1 Å². The van der Waals surface area contributed by atoms with Gasteiger partial charge in [-0.2, -0.15) is 0 Å². The molecule has 1 aliphatic heterocycles. The van der Waals surface area contributed by atoms with Crippen molar-refractivity contribution in [2.45, 2.75) is 26.4 Å². The third kappa shape index (κ3) is 6.58. The minimum absolute atomic E-state index is 0.242. The Morgan fingerprint density at radius 1 is 1.53 bits per heavy atom. The van der Waals surface area contributed by atoms with E-state index in [9.17, 15) is 9.59 Å². The van der Waals surface area contributed by atoms with Crippen LogP contribution in [0.15, 0.2) is 23.8 Å². The zero-order valence-electron chi connectivity index (χ0n) is 11.6. The van der Waals surface area contributed by atoms with Crippen LogP contribution in [0.5, 0.6) is 0 Å². The minimum atomic E-state index is -0.580. The summed E-state index contributed by atoms with van der Waals surface area (Å²) in [5, 5.41) is 0. The van der Waals surface area contributed by atoms with E-state index in [1.54, 1.807) is 13.0 Å². The second kappa shape index (κ2) is 7.55. The van der Waals surface area contributed by atoms with Gasteiger partial charge in [-0.25, -0.2) is 4.79 Å². The molecule has 0 unspecified atom stereocenters. The number of hydrogen-bond donors (Lipinski definition) is 0. The van der Waals surface area contributed by atoms with Gasteiger partial charge in [0.15, 0.2) is 6.10 Å². The highest BCUT2D eigenvalue weighted by Gasteiger charge is 2.07. The van der Waals surface area contributed by atoms with Crippen molar-refractivity contribution >= 4 is 11.8 Å². The number of carbonyl (C=O) groups is 2. The average molecular weight is 261 g/mol. The van der Waals surface area contributed by atoms with Gasteiger partial charge in [-0.1, -0.05) is 18.1 Å². The Balaban J connectivity index is 2.45. The number of ketones is 1. The van der Waals surface area contributed by atoms with Crippen molar-refractivity contribution in [1.82, 2.24) is 4.90 Å². The van der Waals surface area contributed by atoms with Crippen molar-refractivity contribution in [3.8, 4) is 11.8 Å². The lowest BCUT2D eigenvalue weighted by molar-refractivity contribution is -0.139. The molecule has 0 aromatic rings. The monoisotopic (exact) mass is 261 g/mol. The van der Waals surface area contributed by atoms with E-state index in [2.05, 4.69) is 22.8 Å². The Hall–Kier alpha value is -1.86. The maximum absolute atomic E-state index is 11.5. The van der Waals surface area contributed by atoms with E-state index in [-0.39, 0.29) is 5.78 Å². The van der Waals surface area contributed by atoms with Gasteiger partial charge < -0.3 is 9.64 Å². The molecule has 0 aromatic heterocycles. The topological polar surface area (TPSA) is 46.6 Å². The highest BCUT2D eigenvalue weighted by atomic mass is 16.5. The quantitative estimate of drug-likeness (QED) is 0.333. The van der Waals surface area contributed by atoms with Crippen molar-refractivity contribution in [2.24, 2.45) is 0 Å². The molecular weight excluding hydrogens is 242 g/mol. The SMILES string of the molecule is CC(=O)C#C[C@@H](C)OC(=O)/C=C/C1=CCCN(C)C1. The number of Topliss-reactive ketones (excluding diaryl/α,β-unsaturated/α-hetero) is 1. The molecule has 0 saturated carbocycles. The summed E-state index contributed by atoms with van der Waals surface area (Å²) < 4.78 is 5.03. The van der Waals surface area contributed by atoms with Crippen LogP contribution in [0.4, 0.5) is 0 Å². The maximum Gasteiger partial charge on any atom is 0.331 e. The number of nitrogens with zero attached hydrogens (tertiary/aromatic N) is 1. The van der Waals surface area contributed by atoms with Crippen molar-refractivity contribution in [3.05, 3.63) is 23.8 Å². The molecule has 19 heavy (non-hydrogen) atoms. The first-order chi connectivity index (χ1) is 8.97. The van der Waals surface area contributed by atoms with Gasteiger partial charge in [0.25, 0.3) is 0 Å². The van der Waals surface area contributed by atoms with Crippen LogP contribution in [0.1, 0.15) is 20.3 Å². The van der Waals surface area contributed by atoms with Crippen LogP contribution in [0.3, 0.4) is 0 Å². The number of likely N-dealkylation sites (N-methyl/N-ethyl adjacent to an activating group) is 1. The molecule has 0 radical (unpaired) electrons. The summed E-state index contributed by atoms with van der Waals surface area (Å²) in [7, 11) is 2.04. The fraction of sp³-hybridized carbons (Fsp3) is 0.467. The fourth-order valence-corrected chi connectivity index (χ4v) is 1.67. The lowest BCUT2D eigenvalue weighted by Gasteiger charge is -2.20. The first kappa shape index (κ1) is 15.2. The van der Waals surface area contributed by atoms with Crippen molar-refractivity contribution in [2.75, 3.05) is 20.1 Å². The Kier molecular flexibility index (Phi) is 6.04. The molecule has 0 saturated heterocycles. The molecule has 0 fully saturated rings. The number of ether oxygens (including phenoxy) is 1. The zero-order valence-corrected chi connectivity index (χ0v) is 11.6. The average Bonchev–Trinajstić information content (AvgIpc) is 2.34. The van der Waals surface area contributed by atoms with E-state index in [1.807, 2.05) is 7.05 Å². The Morgan fingerprint density at radius 2 is 2.26 bits per heavy atom. The van der Waals surface area contributed by atoms with E-state index < -0.39 is 12.1 Å². The third-order valence-electron chi connectivity index (χ3n) is 2.55. The molecule has 0 amide bonds. The fourth-order valence-electron chi connectivity index (χ4n) is 1.67. The molecule has 0 N–H and O–H groups in total. The van der Waals surface area contributed by atoms with Gasteiger partial charge in [0.05, 0.1) is 0 Å². The first-order valence-electron chi connectivity index (χ1n) is 6.25. The van der Waals surface area contributed by atoms with Crippen LogP contribution in [0.25, 0.3) is 0 Å². The summed E-state index contributed by atoms with van der Waals surface area (Å²) in [4.78, 5) is 24.4. The van der Waals surface area contributed by atoms with Gasteiger partial charge in [-0.15, -0.1) is 0 Å². The van der Waals surface area contributed by atoms with Crippen molar-refractivity contribution in [3.63, 3.8) is 0 Å². The van der Waals surface area contributed by atoms with Crippen molar-refractivity contribution in [1.29, 1.82) is 0 Å². The van der Waals surface area contributed by atoms with E-state index in [0.29, 0.717) is 0 Å². The van der Waals surface area contributed by atoms with Crippen LogP contribution in [0.2, 0.25) is 0 Å². The standard InChI is InChI=1S/C15H19NO3/c1-12(17)6-7-13(2)19-15(18)9-8-14-5-4-10-16(3)11-14/h5,8-9,13H,4,10-11H2,1-3H3/b9-8+/t13-/m1/s1. The minimum Gasteiger partial charge on any atom is -0.446 e. The summed E-state index contributed by atoms with van der Waals surface area (Å²) >= 11 is 0. The molecule has 102 valence electrons. The molecule has 1 aliphatic rings. The summed E-state index contributed by atoms with van der Waals surface area (Å²) in [5.41, 5.74) is 1.10. The van der Waals surface area contributed by atoms with Crippen LogP contribution in [-0.4, -0.2) is 42.9 Å². The molecule has 1 rings (SSSR count). The summed E-state index contributed by atoms with van der Waals surface area (Å²) in [6.07, 6.45) is 5.69. The Bertz CT molecular complexity index is 466. The predicted molar refractivity (Wildman–Crippen MR) is 73.3 cm³/mol. The highest BCUT2D eigenvalue weighted by molar-refractivity contribution is 5.93. The first-order valence-corrected chi connectivity index (χ1v) is 6.25. The van der Waals surface area contributed by atoms with Crippen LogP contribution in [-0.2, 0) is 14.3 Å². The second-order valence-electron chi connectivity index (χ2n) is 4.54. The lowest BCUT2D eigenvalue weighted by Crippen LogP contribution is -2.25. The molecular formula is C15H19NO3. The molecule has 0 bridgehead atoms. The van der Waals surface area contributed by atoms with E-state index in [1.165, 1.54) is 13.0 Å². The molecule has 0 aromatic carbocycles. The number of rotatable bonds is 3. The van der Waals surface area contributed by atoms with Crippen molar-refractivity contribution < 1.29 is 14.3 Å². The largest absolute Gasteiger partial charge is 0.446 e. The number of carbonyl (C=O) groups excluding carboxylic acids is 2. The van der Waals surface area contributed by atoms with Gasteiger partial charge >= 0.3 is 5.97 Å². The normalized spacial score (nSPS) is 17.3. The second-order valence-corrected chi connectivity index (χ2v) is 4.54. The van der Waals surface area contributed by atoms with Crippen LogP contribution < -0.4 is 0 Å². The molecule has 0 spiro atoms. The van der Waals surface area contributed by atoms with Crippen LogP contribution >= 0.6 is 0 Å². The molecule has 1 atom stereocenters. The summed E-state index contributed by atoms with van der Waals surface area (Å²) in [6, 6.07) is 0. The van der Waals surface area contributed by atoms with Gasteiger partial charge in [0.2, 0.25) is 5.78 Å². The van der Waals surface area contributed by atoms with E-state index >= 15 is 0 Å². The van der Waals surface area contributed by atoms with Gasteiger partial charge in [0.1, 0.15) is 0 Å². The highest BCUT2D eigenvalue weighted by Crippen LogP contribution is 2.08. The number of hydrogen-bond acceptors (Lipinski definition) is 4. The van der Waals surface area contributed by atoms with E-state index in [4.69, 9.17) is 4.74 Å². The molecule has 1 heterocycles. The molecule has 4 heteroatoms. The van der Waals surface area contributed by atoms with Gasteiger partial charge in [-0.05, 0) is 31.9 Å². The van der Waals surface area contributed by atoms with E-state index in [0.717, 1.165) is 25.1 Å².